The van der Waals surface area contributed by atoms with Crippen LogP contribution in [-0.2, 0) is 0 Å². The average Bonchev–Trinajstić information content (AvgIpc) is 2.68. The Bertz CT molecular complexity index is 348. The molecule has 0 spiro atoms. The van der Waals surface area contributed by atoms with E-state index in [9.17, 15) is 0 Å². The molecule has 0 saturated carbocycles. The second-order valence-electron chi connectivity index (χ2n) is 5.24. The normalized spacial score (nSPS) is 13.0. The summed E-state index contributed by atoms with van der Waals surface area (Å²) in [4.78, 5) is 0. The molecule has 1 heterocycles. The highest BCUT2D eigenvalue weighted by atomic mass is 28.3. The molecule has 1 aromatic heterocycles. The molecule has 0 aliphatic carbocycles. The van der Waals surface area contributed by atoms with Crippen molar-refractivity contribution in [1.29, 1.82) is 0 Å². The summed E-state index contributed by atoms with van der Waals surface area (Å²) in [5.41, 5.74) is 0.333. The van der Waals surface area contributed by atoms with E-state index in [1.54, 1.807) is 6.26 Å². The van der Waals surface area contributed by atoms with Gasteiger partial charge in [0.2, 0.25) is 0 Å². The van der Waals surface area contributed by atoms with Crippen molar-refractivity contribution in [3.63, 3.8) is 0 Å². The lowest BCUT2D eigenvalue weighted by atomic mass is 10.2. The van der Waals surface area contributed by atoms with E-state index in [0.29, 0.717) is 5.54 Å². The molecule has 2 heteroatoms. The Morgan fingerprint density at radius 2 is 2.12 bits per heavy atom. The Hall–Kier alpha value is -0.943. The average molecular weight is 234 g/mol. The second kappa shape index (κ2) is 5.96. The van der Waals surface area contributed by atoms with Crippen LogP contribution in [0.25, 0.3) is 0 Å². The van der Waals surface area contributed by atoms with Crippen molar-refractivity contribution in [2.24, 2.45) is 0 Å². The molecule has 1 atom stereocenters. The van der Waals surface area contributed by atoms with Crippen LogP contribution in [0.4, 0.5) is 0 Å². The van der Waals surface area contributed by atoms with Gasteiger partial charge in [0.05, 0.1) is 19.9 Å². The summed E-state index contributed by atoms with van der Waals surface area (Å²) >= 11 is 0. The molecule has 0 bridgehead atoms. The van der Waals surface area contributed by atoms with Crippen LogP contribution in [0.2, 0.25) is 19.6 Å². The largest absolute Gasteiger partial charge is 0.468 e. The number of rotatable bonds is 4. The smallest absolute Gasteiger partial charge is 0.115 e. The maximum atomic E-state index is 5.51. The Balaban J connectivity index is 2.76. The van der Waals surface area contributed by atoms with Crippen molar-refractivity contribution in [3.8, 4) is 11.8 Å². The molecule has 0 saturated heterocycles. The summed E-state index contributed by atoms with van der Waals surface area (Å²) in [7, 11) is -1.32. The van der Waals surface area contributed by atoms with E-state index < -0.39 is 8.07 Å². The van der Waals surface area contributed by atoms with Gasteiger partial charge in [-0.3, -0.25) is 0 Å². The summed E-state index contributed by atoms with van der Waals surface area (Å²) in [6.07, 6.45) is 5.17. The summed E-state index contributed by atoms with van der Waals surface area (Å²) in [6.45, 7) is 9.22. The van der Waals surface area contributed by atoms with Crippen LogP contribution in [0.3, 0.4) is 0 Å². The molecule has 0 aliphatic heterocycles. The molecule has 0 amide bonds. The first-order chi connectivity index (χ1) is 7.55. The fourth-order valence-corrected chi connectivity index (χ4v) is 3.16. The minimum atomic E-state index is -1.32. The third-order valence-corrected chi connectivity index (χ3v) is 4.76. The van der Waals surface area contributed by atoms with Crippen LogP contribution < -0.4 is 0 Å². The highest BCUT2D eigenvalue weighted by molar-refractivity contribution is 6.78. The Morgan fingerprint density at radius 3 is 2.62 bits per heavy atom. The predicted octanol–water partition coefficient (Wildman–Crippen LogP) is 4.43. The van der Waals surface area contributed by atoms with Gasteiger partial charge in [-0.1, -0.05) is 38.9 Å². The van der Waals surface area contributed by atoms with Crippen LogP contribution >= 0.6 is 0 Å². The molecular weight excluding hydrogens is 212 g/mol. The first-order valence-electron chi connectivity index (χ1n) is 6.07. The van der Waals surface area contributed by atoms with Gasteiger partial charge in [-0.25, -0.2) is 0 Å². The van der Waals surface area contributed by atoms with Gasteiger partial charge in [0.1, 0.15) is 5.76 Å². The first-order valence-corrected chi connectivity index (χ1v) is 9.65. The van der Waals surface area contributed by atoms with Crippen LogP contribution in [0, 0.1) is 11.8 Å². The predicted molar refractivity (Wildman–Crippen MR) is 72.1 cm³/mol. The van der Waals surface area contributed by atoms with E-state index in [-0.39, 0.29) is 0 Å². The van der Waals surface area contributed by atoms with Gasteiger partial charge in [-0.2, -0.15) is 0 Å². The lowest BCUT2D eigenvalue weighted by Crippen LogP contribution is -2.29. The van der Waals surface area contributed by atoms with Crippen molar-refractivity contribution in [1.82, 2.24) is 0 Å². The highest BCUT2D eigenvalue weighted by Crippen LogP contribution is 2.26. The maximum absolute atomic E-state index is 5.51. The number of hydrogen-bond donors (Lipinski definition) is 0. The second-order valence-corrected chi connectivity index (χ2v) is 10.5. The molecule has 88 valence electrons. The summed E-state index contributed by atoms with van der Waals surface area (Å²) in [5, 5.41) is 0. The van der Waals surface area contributed by atoms with Crippen molar-refractivity contribution in [3.05, 3.63) is 24.2 Å². The minimum Gasteiger partial charge on any atom is -0.468 e. The molecule has 0 N–H and O–H groups in total. The quantitative estimate of drug-likeness (QED) is 0.426. The van der Waals surface area contributed by atoms with E-state index in [1.165, 1.54) is 12.8 Å². The van der Waals surface area contributed by atoms with Crippen molar-refractivity contribution >= 4 is 8.07 Å². The molecule has 16 heavy (non-hydrogen) atoms. The molecule has 1 rings (SSSR count). The standard InChI is InChI=1S/C14H22OSi/c1-5-6-7-8-11-14(16(2,3)4)13-10-9-12-15-13/h9-10,12,14H,5-7H2,1-4H3. The molecule has 0 aromatic carbocycles. The van der Waals surface area contributed by atoms with E-state index in [2.05, 4.69) is 44.5 Å². The monoisotopic (exact) mass is 234 g/mol. The van der Waals surface area contributed by atoms with E-state index in [4.69, 9.17) is 4.42 Å². The molecular formula is C14H22OSi. The van der Waals surface area contributed by atoms with Gasteiger partial charge < -0.3 is 4.42 Å². The Morgan fingerprint density at radius 1 is 1.38 bits per heavy atom. The minimum absolute atomic E-state index is 0.333. The number of furan rings is 1. The zero-order chi connectivity index (χ0) is 12.0. The molecule has 1 unspecified atom stereocenters. The van der Waals surface area contributed by atoms with Crippen molar-refractivity contribution < 1.29 is 4.42 Å². The van der Waals surface area contributed by atoms with E-state index >= 15 is 0 Å². The summed E-state index contributed by atoms with van der Waals surface area (Å²) < 4.78 is 5.51. The fourth-order valence-electron chi connectivity index (χ4n) is 1.61. The Labute approximate surface area is 100 Å². The van der Waals surface area contributed by atoms with Crippen LogP contribution in [0.15, 0.2) is 22.8 Å². The third kappa shape index (κ3) is 3.90. The van der Waals surface area contributed by atoms with Gasteiger partial charge in [0, 0.05) is 6.42 Å². The van der Waals surface area contributed by atoms with E-state index in [1.807, 2.05) is 6.07 Å². The van der Waals surface area contributed by atoms with Crippen molar-refractivity contribution in [2.75, 3.05) is 0 Å². The fraction of sp³-hybridized carbons (Fsp3) is 0.571. The summed E-state index contributed by atoms with van der Waals surface area (Å²) in [5.74, 6) is 7.77. The lowest BCUT2D eigenvalue weighted by molar-refractivity contribution is 0.517. The van der Waals surface area contributed by atoms with Crippen LogP contribution in [-0.4, -0.2) is 8.07 Å². The zero-order valence-electron chi connectivity index (χ0n) is 10.8. The van der Waals surface area contributed by atoms with Crippen molar-refractivity contribution in [2.45, 2.75) is 51.4 Å². The zero-order valence-corrected chi connectivity index (χ0v) is 11.8. The molecule has 0 fully saturated rings. The topological polar surface area (TPSA) is 13.1 Å². The van der Waals surface area contributed by atoms with Gasteiger partial charge in [0.15, 0.2) is 0 Å². The van der Waals surface area contributed by atoms with Gasteiger partial charge >= 0.3 is 0 Å². The van der Waals surface area contributed by atoms with Gasteiger partial charge in [0.25, 0.3) is 0 Å². The molecule has 0 radical (unpaired) electrons. The van der Waals surface area contributed by atoms with Crippen LogP contribution in [0.1, 0.15) is 37.5 Å². The van der Waals surface area contributed by atoms with Crippen LogP contribution in [0.5, 0.6) is 0 Å². The highest BCUT2D eigenvalue weighted by Gasteiger charge is 2.28. The molecule has 0 aliphatic rings. The molecule has 1 aromatic rings. The SMILES string of the molecule is CCCCC#CC(c1ccco1)[Si](C)(C)C. The maximum Gasteiger partial charge on any atom is 0.115 e. The Kier molecular flexibility index (Phi) is 4.89. The summed E-state index contributed by atoms with van der Waals surface area (Å²) in [6, 6.07) is 4.01. The lowest BCUT2D eigenvalue weighted by Gasteiger charge is -2.22. The number of unbranched alkanes of at least 4 members (excludes halogenated alkanes) is 2. The molecule has 1 nitrogen and oxygen atoms in total. The first kappa shape index (κ1) is 13.1. The van der Waals surface area contributed by atoms with E-state index in [0.717, 1.165) is 12.2 Å². The third-order valence-electron chi connectivity index (χ3n) is 2.60. The number of hydrogen-bond acceptors (Lipinski definition) is 1. The van der Waals surface area contributed by atoms with Gasteiger partial charge in [-0.05, 0) is 18.6 Å². The van der Waals surface area contributed by atoms with Gasteiger partial charge in [-0.15, -0.1) is 5.92 Å².